The maximum Gasteiger partial charge on any atom is 0.224 e. The fourth-order valence-electron chi connectivity index (χ4n) is 1.93. The van der Waals surface area contributed by atoms with E-state index in [2.05, 4.69) is 21.2 Å². The van der Waals surface area contributed by atoms with Crippen LogP contribution in [0.2, 0.25) is 0 Å². The number of halogens is 2. The van der Waals surface area contributed by atoms with E-state index in [1.54, 1.807) is 13.0 Å². The number of amides is 1. The predicted octanol–water partition coefficient (Wildman–Crippen LogP) is 4.47. The maximum absolute atomic E-state index is 13.0. The van der Waals surface area contributed by atoms with E-state index < -0.39 is 0 Å². The van der Waals surface area contributed by atoms with E-state index in [4.69, 9.17) is 0 Å². The van der Waals surface area contributed by atoms with E-state index in [0.717, 1.165) is 15.6 Å². The van der Waals surface area contributed by atoms with Gasteiger partial charge >= 0.3 is 0 Å². The van der Waals surface area contributed by atoms with Crippen molar-refractivity contribution in [3.05, 3.63) is 63.9 Å². The molecule has 0 fully saturated rings. The Hall–Kier alpha value is -1.68. The maximum atomic E-state index is 13.0. The van der Waals surface area contributed by atoms with Gasteiger partial charge in [0.25, 0.3) is 0 Å². The van der Waals surface area contributed by atoms with Crippen LogP contribution in [0.4, 0.5) is 10.1 Å². The summed E-state index contributed by atoms with van der Waals surface area (Å²) in [5, 5.41) is 2.80. The number of aryl methyl sites for hydroxylation is 2. The van der Waals surface area contributed by atoms with E-state index >= 15 is 0 Å². The summed E-state index contributed by atoms with van der Waals surface area (Å²) >= 11 is 3.40. The lowest BCUT2D eigenvalue weighted by Gasteiger charge is -2.08. The number of anilines is 1. The molecule has 2 rings (SSSR count). The third kappa shape index (κ3) is 4.17. The molecule has 0 saturated carbocycles. The third-order valence-electron chi connectivity index (χ3n) is 2.99. The number of rotatable bonds is 4. The molecule has 2 aromatic rings. The molecule has 2 nitrogen and oxygen atoms in total. The molecule has 0 aliphatic heterocycles. The van der Waals surface area contributed by atoms with Crippen LogP contribution in [0.3, 0.4) is 0 Å². The van der Waals surface area contributed by atoms with E-state index in [1.807, 2.05) is 24.3 Å². The summed E-state index contributed by atoms with van der Waals surface area (Å²) in [7, 11) is 0. The molecule has 0 heterocycles. The van der Waals surface area contributed by atoms with Crippen LogP contribution >= 0.6 is 15.9 Å². The Morgan fingerprint density at radius 3 is 2.75 bits per heavy atom. The fourth-order valence-corrected chi connectivity index (χ4v) is 2.38. The minimum Gasteiger partial charge on any atom is -0.326 e. The highest BCUT2D eigenvalue weighted by Crippen LogP contribution is 2.17. The molecule has 0 bridgehead atoms. The van der Waals surface area contributed by atoms with E-state index in [1.165, 1.54) is 12.1 Å². The molecule has 2 aromatic carbocycles. The van der Waals surface area contributed by atoms with Gasteiger partial charge in [-0.15, -0.1) is 0 Å². The molecule has 0 saturated heterocycles. The Bertz CT molecular complexity index is 628. The van der Waals surface area contributed by atoms with Crippen molar-refractivity contribution in [2.24, 2.45) is 0 Å². The number of nitrogens with one attached hydrogen (secondary N) is 1. The number of hydrogen-bond acceptors (Lipinski definition) is 1. The Morgan fingerprint density at radius 2 is 2.05 bits per heavy atom. The van der Waals surface area contributed by atoms with Gasteiger partial charge in [0.2, 0.25) is 5.91 Å². The summed E-state index contributed by atoms with van der Waals surface area (Å²) in [5.74, 6) is -0.366. The van der Waals surface area contributed by atoms with Crippen LogP contribution in [0.1, 0.15) is 17.5 Å². The standard InChI is InChI=1S/C16H15BrFNO/c1-11-9-14(18)6-7-15(11)19-16(20)8-5-12-3-2-4-13(17)10-12/h2-4,6-7,9-10H,5,8H2,1H3,(H,19,20). The molecule has 0 atom stereocenters. The Morgan fingerprint density at radius 1 is 1.25 bits per heavy atom. The van der Waals surface area contributed by atoms with Crippen LogP contribution in [-0.4, -0.2) is 5.91 Å². The number of hydrogen-bond donors (Lipinski definition) is 1. The van der Waals surface area contributed by atoms with Gasteiger partial charge in [0, 0.05) is 16.6 Å². The summed E-state index contributed by atoms with van der Waals surface area (Å²) in [6, 6.07) is 12.2. The fraction of sp³-hybridized carbons (Fsp3) is 0.188. The molecular weight excluding hydrogens is 321 g/mol. The van der Waals surface area contributed by atoms with Gasteiger partial charge in [0.05, 0.1) is 0 Å². The van der Waals surface area contributed by atoms with Crippen molar-refractivity contribution in [3.63, 3.8) is 0 Å². The average Bonchev–Trinajstić information content (AvgIpc) is 2.40. The zero-order chi connectivity index (χ0) is 14.5. The first-order valence-electron chi connectivity index (χ1n) is 6.35. The Balaban J connectivity index is 1.92. The topological polar surface area (TPSA) is 29.1 Å². The van der Waals surface area contributed by atoms with Crippen molar-refractivity contribution in [3.8, 4) is 0 Å². The van der Waals surface area contributed by atoms with Crippen molar-refractivity contribution in [2.75, 3.05) is 5.32 Å². The molecule has 20 heavy (non-hydrogen) atoms. The summed E-state index contributed by atoms with van der Waals surface area (Å²) in [5.41, 5.74) is 2.48. The number of carbonyl (C=O) groups excluding carboxylic acids is 1. The third-order valence-corrected chi connectivity index (χ3v) is 3.49. The van der Waals surface area contributed by atoms with Crippen LogP contribution in [0, 0.1) is 12.7 Å². The van der Waals surface area contributed by atoms with Crippen molar-refractivity contribution in [1.82, 2.24) is 0 Å². The number of benzene rings is 2. The molecular formula is C16H15BrFNO. The molecule has 0 aromatic heterocycles. The van der Waals surface area contributed by atoms with Gasteiger partial charge in [-0.1, -0.05) is 28.1 Å². The van der Waals surface area contributed by atoms with Crippen molar-refractivity contribution in [1.29, 1.82) is 0 Å². The van der Waals surface area contributed by atoms with E-state index in [0.29, 0.717) is 18.5 Å². The SMILES string of the molecule is Cc1cc(F)ccc1NC(=O)CCc1cccc(Br)c1. The van der Waals surface area contributed by atoms with Crippen LogP contribution in [-0.2, 0) is 11.2 Å². The molecule has 104 valence electrons. The van der Waals surface area contributed by atoms with Gasteiger partial charge in [-0.2, -0.15) is 0 Å². The van der Waals surface area contributed by atoms with E-state index in [-0.39, 0.29) is 11.7 Å². The normalized spacial score (nSPS) is 10.3. The van der Waals surface area contributed by atoms with Crippen LogP contribution < -0.4 is 5.32 Å². The van der Waals surface area contributed by atoms with Gasteiger partial charge in [0.15, 0.2) is 0 Å². The lowest BCUT2D eigenvalue weighted by atomic mass is 10.1. The van der Waals surface area contributed by atoms with Crippen LogP contribution in [0.5, 0.6) is 0 Å². The number of carbonyl (C=O) groups is 1. The van der Waals surface area contributed by atoms with Crippen molar-refractivity contribution in [2.45, 2.75) is 19.8 Å². The highest BCUT2D eigenvalue weighted by molar-refractivity contribution is 9.10. The summed E-state index contributed by atoms with van der Waals surface area (Å²) in [6.07, 6.45) is 1.07. The van der Waals surface area contributed by atoms with Gasteiger partial charge in [0.1, 0.15) is 5.82 Å². The lowest BCUT2D eigenvalue weighted by molar-refractivity contribution is -0.116. The molecule has 0 unspecified atom stereocenters. The minimum absolute atomic E-state index is 0.0697. The second kappa shape index (κ2) is 6.66. The van der Waals surface area contributed by atoms with Crippen molar-refractivity contribution < 1.29 is 9.18 Å². The summed E-state index contributed by atoms with van der Waals surface area (Å²) in [6.45, 7) is 1.77. The van der Waals surface area contributed by atoms with Crippen molar-refractivity contribution >= 4 is 27.5 Å². The second-order valence-electron chi connectivity index (χ2n) is 4.64. The first kappa shape index (κ1) is 14.7. The minimum atomic E-state index is -0.297. The molecule has 1 N–H and O–H groups in total. The van der Waals surface area contributed by atoms with Gasteiger partial charge in [-0.05, 0) is 54.8 Å². The zero-order valence-corrected chi connectivity index (χ0v) is 12.7. The molecule has 4 heteroatoms. The highest BCUT2D eigenvalue weighted by Gasteiger charge is 2.06. The molecule has 0 aliphatic carbocycles. The van der Waals surface area contributed by atoms with Gasteiger partial charge < -0.3 is 5.32 Å². The van der Waals surface area contributed by atoms with E-state index in [9.17, 15) is 9.18 Å². The largest absolute Gasteiger partial charge is 0.326 e. The first-order chi connectivity index (χ1) is 9.54. The average molecular weight is 336 g/mol. The smallest absolute Gasteiger partial charge is 0.224 e. The first-order valence-corrected chi connectivity index (χ1v) is 7.14. The van der Waals surface area contributed by atoms with Crippen LogP contribution in [0.25, 0.3) is 0 Å². The quantitative estimate of drug-likeness (QED) is 0.877. The van der Waals surface area contributed by atoms with Gasteiger partial charge in [-0.25, -0.2) is 4.39 Å². The lowest BCUT2D eigenvalue weighted by Crippen LogP contribution is -2.13. The zero-order valence-electron chi connectivity index (χ0n) is 11.1. The molecule has 0 radical (unpaired) electrons. The van der Waals surface area contributed by atoms with Crippen LogP contribution in [0.15, 0.2) is 46.9 Å². The van der Waals surface area contributed by atoms with Gasteiger partial charge in [-0.3, -0.25) is 4.79 Å². The monoisotopic (exact) mass is 335 g/mol. The Labute approximate surface area is 126 Å². The molecule has 1 amide bonds. The predicted molar refractivity (Wildman–Crippen MR) is 82.2 cm³/mol. The molecule has 0 aliphatic rings. The highest BCUT2D eigenvalue weighted by atomic mass is 79.9. The second-order valence-corrected chi connectivity index (χ2v) is 5.55. The summed E-state index contributed by atoms with van der Waals surface area (Å²) < 4.78 is 14.0. The Kier molecular flexibility index (Phi) is 4.90. The summed E-state index contributed by atoms with van der Waals surface area (Å²) in [4.78, 5) is 11.9. The molecule has 0 spiro atoms.